The topological polar surface area (TPSA) is 116 Å². The number of hydrogen-bond donors (Lipinski definition) is 2. The number of phenolic OH excluding ortho intramolecular Hbond substituents is 1. The summed E-state index contributed by atoms with van der Waals surface area (Å²) in [5.41, 5.74) is 0.562. The monoisotopic (exact) mass is 489 g/mol. The quantitative estimate of drug-likeness (QED) is 0.213. The third-order valence-corrected chi connectivity index (χ3v) is 5.50. The fourth-order valence-electron chi connectivity index (χ4n) is 3.16. The summed E-state index contributed by atoms with van der Waals surface area (Å²) >= 11 is 12.1. The van der Waals surface area contributed by atoms with Crippen molar-refractivity contribution in [3.63, 3.8) is 0 Å². The average molecular weight is 490 g/mol. The van der Waals surface area contributed by atoms with Crippen LogP contribution >= 0.6 is 23.2 Å². The van der Waals surface area contributed by atoms with Gasteiger partial charge >= 0.3 is 0 Å². The van der Waals surface area contributed by atoms with Gasteiger partial charge in [-0.15, -0.1) is 0 Å². The first kappa shape index (κ1) is 26.2. The number of benzene rings is 2. The number of nitro groups is 1. The lowest BCUT2D eigenvalue weighted by atomic mass is 9.78. The van der Waals surface area contributed by atoms with Crippen LogP contribution in [0, 0.1) is 21.4 Å². The number of nitro benzene ring substituents is 1. The molecule has 9 heteroatoms. The van der Waals surface area contributed by atoms with E-state index in [9.17, 15) is 25.3 Å². The Morgan fingerprint density at radius 3 is 1.88 bits per heavy atom. The van der Waals surface area contributed by atoms with E-state index in [1.807, 2.05) is 47.6 Å². The van der Waals surface area contributed by atoms with Gasteiger partial charge in [0.05, 0.1) is 20.7 Å². The molecular formula is C24H25Cl2N3O4. The Kier molecular flexibility index (Phi) is 7.47. The van der Waals surface area contributed by atoms with Crippen LogP contribution in [0.25, 0.3) is 6.08 Å². The molecule has 2 aromatic rings. The van der Waals surface area contributed by atoms with Crippen LogP contribution in [0.5, 0.6) is 5.75 Å². The summed E-state index contributed by atoms with van der Waals surface area (Å²) in [5.74, 6) is -0.600. The maximum atomic E-state index is 12.8. The van der Waals surface area contributed by atoms with Crippen molar-refractivity contribution in [2.45, 2.75) is 52.4 Å². The summed E-state index contributed by atoms with van der Waals surface area (Å²) in [6, 6.07) is 7.46. The lowest BCUT2D eigenvalue weighted by molar-refractivity contribution is -0.384. The smallest absolute Gasteiger partial charge is 0.272 e. The normalized spacial score (nSPS) is 12.3. The minimum absolute atomic E-state index is 0.0356. The highest BCUT2D eigenvalue weighted by Gasteiger charge is 2.26. The van der Waals surface area contributed by atoms with Gasteiger partial charge in [0.1, 0.15) is 17.4 Å². The predicted octanol–water partition coefficient (Wildman–Crippen LogP) is 6.75. The minimum Gasteiger partial charge on any atom is -0.507 e. The van der Waals surface area contributed by atoms with Crippen molar-refractivity contribution in [1.82, 2.24) is 0 Å². The number of aromatic hydroxyl groups is 1. The van der Waals surface area contributed by atoms with Crippen LogP contribution in [0.1, 0.15) is 58.2 Å². The fraction of sp³-hybridized carbons (Fsp3) is 0.333. The summed E-state index contributed by atoms with van der Waals surface area (Å²) in [6.45, 7) is 11.7. The molecule has 7 nitrogen and oxygen atoms in total. The zero-order valence-electron chi connectivity index (χ0n) is 19.2. The third kappa shape index (κ3) is 6.04. The number of phenols is 1. The molecular weight excluding hydrogens is 465 g/mol. The summed E-state index contributed by atoms with van der Waals surface area (Å²) < 4.78 is 0. The molecule has 0 aliphatic heterocycles. The van der Waals surface area contributed by atoms with E-state index < -0.39 is 10.8 Å². The van der Waals surface area contributed by atoms with E-state index in [0.29, 0.717) is 16.7 Å². The number of nitrogens with zero attached hydrogens (tertiary/aromatic N) is 2. The molecule has 0 fully saturated rings. The van der Waals surface area contributed by atoms with Crippen LogP contribution < -0.4 is 5.32 Å². The first-order valence-corrected chi connectivity index (χ1v) is 10.8. The molecule has 2 rings (SSSR count). The van der Waals surface area contributed by atoms with Crippen LogP contribution in [-0.2, 0) is 15.6 Å². The molecule has 0 aromatic heterocycles. The minimum atomic E-state index is -0.780. The highest BCUT2D eigenvalue weighted by atomic mass is 35.5. The second-order valence-corrected chi connectivity index (χ2v) is 10.4. The van der Waals surface area contributed by atoms with Crippen LogP contribution in [0.15, 0.2) is 29.8 Å². The van der Waals surface area contributed by atoms with Crippen molar-refractivity contribution in [3.8, 4) is 11.8 Å². The van der Waals surface area contributed by atoms with Crippen LogP contribution in [0.3, 0.4) is 0 Å². The Bertz CT molecular complexity index is 1140. The second kappa shape index (κ2) is 9.42. The number of rotatable bonds is 4. The second-order valence-electron chi connectivity index (χ2n) is 9.63. The molecule has 0 aliphatic rings. The number of nitrogens with one attached hydrogen (secondary N) is 1. The Labute approximate surface area is 202 Å². The van der Waals surface area contributed by atoms with Gasteiger partial charge in [-0.1, -0.05) is 64.7 Å². The molecule has 1 amide bonds. The number of hydrogen-bond acceptors (Lipinski definition) is 5. The molecule has 0 atom stereocenters. The van der Waals surface area contributed by atoms with Gasteiger partial charge < -0.3 is 10.4 Å². The molecule has 2 N–H and O–H groups in total. The summed E-state index contributed by atoms with van der Waals surface area (Å²) in [6.07, 6.45) is 1.41. The van der Waals surface area contributed by atoms with E-state index in [2.05, 4.69) is 5.32 Å². The highest BCUT2D eigenvalue weighted by Crippen LogP contribution is 2.40. The third-order valence-electron chi connectivity index (χ3n) is 4.90. The first-order chi connectivity index (χ1) is 15.1. The van der Waals surface area contributed by atoms with E-state index in [4.69, 9.17) is 23.2 Å². The molecule has 2 aromatic carbocycles. The zero-order valence-corrected chi connectivity index (χ0v) is 20.7. The number of nitriles is 1. The van der Waals surface area contributed by atoms with Crippen molar-refractivity contribution in [2.24, 2.45) is 0 Å². The number of carbonyl (C=O) groups is 1. The average Bonchev–Trinajstić information content (AvgIpc) is 2.67. The van der Waals surface area contributed by atoms with Crippen molar-refractivity contribution in [1.29, 1.82) is 5.26 Å². The molecule has 0 bridgehead atoms. The van der Waals surface area contributed by atoms with Gasteiger partial charge in [-0.25, -0.2) is 0 Å². The lowest BCUT2D eigenvalue weighted by Gasteiger charge is -2.28. The number of anilines is 1. The van der Waals surface area contributed by atoms with Crippen LogP contribution in [0.4, 0.5) is 11.4 Å². The molecule has 0 heterocycles. The van der Waals surface area contributed by atoms with Gasteiger partial charge in [0.2, 0.25) is 0 Å². The van der Waals surface area contributed by atoms with E-state index in [1.165, 1.54) is 6.08 Å². The number of amides is 1. The Morgan fingerprint density at radius 1 is 1.06 bits per heavy atom. The molecule has 0 saturated heterocycles. The molecule has 174 valence electrons. The Balaban J connectivity index is 2.55. The van der Waals surface area contributed by atoms with Gasteiger partial charge in [0.15, 0.2) is 0 Å². The molecule has 0 radical (unpaired) electrons. The molecule has 33 heavy (non-hydrogen) atoms. The summed E-state index contributed by atoms with van der Waals surface area (Å²) in [7, 11) is 0. The molecule has 0 spiro atoms. The predicted molar refractivity (Wildman–Crippen MR) is 131 cm³/mol. The van der Waals surface area contributed by atoms with Crippen molar-refractivity contribution in [2.75, 3.05) is 5.32 Å². The number of non-ortho nitro benzene ring substituents is 1. The SMILES string of the molecule is CC(C)(C)c1cc(/C=C(\C#N)C(=O)Nc2c(Cl)cc([N+](=O)[O-])cc2Cl)cc(C(C)(C)C)c1O. The number of carbonyl (C=O) groups excluding carboxylic acids is 1. The van der Waals surface area contributed by atoms with E-state index in [0.717, 1.165) is 12.1 Å². The zero-order chi connectivity index (χ0) is 25.3. The van der Waals surface area contributed by atoms with E-state index >= 15 is 0 Å². The lowest BCUT2D eigenvalue weighted by Crippen LogP contribution is -2.18. The highest BCUT2D eigenvalue weighted by molar-refractivity contribution is 6.40. The summed E-state index contributed by atoms with van der Waals surface area (Å²) in [5, 5.41) is 33.6. The Hall–Kier alpha value is -3.08. The first-order valence-electron chi connectivity index (χ1n) is 10.0. The molecule has 0 saturated carbocycles. The number of halogens is 2. The van der Waals surface area contributed by atoms with Gasteiger partial charge in [-0.3, -0.25) is 14.9 Å². The van der Waals surface area contributed by atoms with Crippen molar-refractivity contribution >= 4 is 46.6 Å². The largest absolute Gasteiger partial charge is 0.507 e. The van der Waals surface area contributed by atoms with Gasteiger partial charge in [0.25, 0.3) is 11.6 Å². The van der Waals surface area contributed by atoms with Gasteiger partial charge in [-0.05, 0) is 34.6 Å². The van der Waals surface area contributed by atoms with Crippen molar-refractivity contribution in [3.05, 3.63) is 66.7 Å². The summed E-state index contributed by atoms with van der Waals surface area (Å²) in [4.78, 5) is 23.1. The van der Waals surface area contributed by atoms with E-state index in [1.54, 1.807) is 12.1 Å². The Morgan fingerprint density at radius 2 is 1.52 bits per heavy atom. The fourth-order valence-corrected chi connectivity index (χ4v) is 3.73. The molecule has 0 unspecified atom stereocenters. The van der Waals surface area contributed by atoms with Gasteiger partial charge in [-0.2, -0.15) is 5.26 Å². The van der Waals surface area contributed by atoms with Crippen molar-refractivity contribution < 1.29 is 14.8 Å². The van der Waals surface area contributed by atoms with Crippen LogP contribution in [-0.4, -0.2) is 15.9 Å². The maximum absolute atomic E-state index is 12.8. The van der Waals surface area contributed by atoms with Crippen LogP contribution in [0.2, 0.25) is 10.0 Å². The maximum Gasteiger partial charge on any atom is 0.272 e. The van der Waals surface area contributed by atoms with E-state index in [-0.39, 0.29) is 43.6 Å². The molecule has 0 aliphatic carbocycles. The standard InChI is InChI=1S/C24H25Cl2N3O4/c1-23(2,3)16-8-13(9-17(21(16)30)24(4,5)6)7-14(12-27)22(31)28-20-18(25)10-15(29(32)33)11-19(20)26/h7-11,30H,1-6H3,(H,28,31)/b14-7+. The van der Waals surface area contributed by atoms with Gasteiger partial charge in [0, 0.05) is 23.3 Å².